The molecule has 1 amide bonds. The highest BCUT2D eigenvalue weighted by Crippen LogP contribution is 2.06. The van der Waals surface area contributed by atoms with E-state index < -0.39 is 5.97 Å². The van der Waals surface area contributed by atoms with Crippen molar-refractivity contribution in [2.24, 2.45) is 0 Å². The Kier molecular flexibility index (Phi) is 4.56. The van der Waals surface area contributed by atoms with Gasteiger partial charge in [0.25, 0.3) is 5.91 Å². The first-order valence-electron chi connectivity index (χ1n) is 5.19. The SMILES string of the molecule is COC(=O)CN(C(=O)c1cncnc1)C(C)C. The summed E-state index contributed by atoms with van der Waals surface area (Å²) in [4.78, 5) is 32.2. The predicted molar refractivity (Wildman–Crippen MR) is 60.2 cm³/mol. The molecule has 6 heteroatoms. The third kappa shape index (κ3) is 3.51. The topological polar surface area (TPSA) is 72.4 Å². The Hall–Kier alpha value is -1.98. The minimum atomic E-state index is -0.455. The molecule has 1 rings (SSSR count). The average Bonchev–Trinajstić information content (AvgIpc) is 2.35. The minimum absolute atomic E-state index is 0.0815. The maximum absolute atomic E-state index is 12.1. The Labute approximate surface area is 99.6 Å². The lowest BCUT2D eigenvalue weighted by Crippen LogP contribution is -2.41. The van der Waals surface area contributed by atoms with E-state index in [0.29, 0.717) is 5.56 Å². The summed E-state index contributed by atoms with van der Waals surface area (Å²) >= 11 is 0. The second kappa shape index (κ2) is 5.93. The molecule has 0 saturated heterocycles. The van der Waals surface area contributed by atoms with Crippen LogP contribution in [0.15, 0.2) is 18.7 Å². The van der Waals surface area contributed by atoms with Crippen LogP contribution in [0.4, 0.5) is 0 Å². The zero-order chi connectivity index (χ0) is 12.8. The summed E-state index contributed by atoms with van der Waals surface area (Å²) in [6, 6.07) is -0.109. The monoisotopic (exact) mass is 237 g/mol. The van der Waals surface area contributed by atoms with E-state index in [-0.39, 0.29) is 18.5 Å². The average molecular weight is 237 g/mol. The maximum atomic E-state index is 12.1. The molecule has 0 saturated carbocycles. The van der Waals surface area contributed by atoms with Crippen molar-refractivity contribution < 1.29 is 14.3 Å². The highest BCUT2D eigenvalue weighted by molar-refractivity contribution is 5.95. The summed E-state index contributed by atoms with van der Waals surface area (Å²) in [6.07, 6.45) is 4.18. The first-order chi connectivity index (χ1) is 8.06. The van der Waals surface area contributed by atoms with Gasteiger partial charge in [0.1, 0.15) is 12.9 Å². The third-order valence-electron chi connectivity index (χ3n) is 2.22. The van der Waals surface area contributed by atoms with Crippen LogP contribution in [0.25, 0.3) is 0 Å². The van der Waals surface area contributed by atoms with Crippen molar-refractivity contribution in [2.75, 3.05) is 13.7 Å². The van der Waals surface area contributed by atoms with Crippen LogP contribution in [-0.2, 0) is 9.53 Å². The molecule has 92 valence electrons. The number of amides is 1. The van der Waals surface area contributed by atoms with Crippen molar-refractivity contribution in [3.63, 3.8) is 0 Å². The van der Waals surface area contributed by atoms with Gasteiger partial charge in [0.15, 0.2) is 0 Å². The van der Waals surface area contributed by atoms with E-state index in [1.807, 2.05) is 13.8 Å². The molecule has 0 unspecified atom stereocenters. The van der Waals surface area contributed by atoms with Crippen LogP contribution < -0.4 is 0 Å². The Morgan fingerprint density at radius 1 is 1.35 bits per heavy atom. The molecule has 6 nitrogen and oxygen atoms in total. The van der Waals surface area contributed by atoms with E-state index >= 15 is 0 Å². The van der Waals surface area contributed by atoms with E-state index in [9.17, 15) is 9.59 Å². The van der Waals surface area contributed by atoms with Gasteiger partial charge in [0.2, 0.25) is 0 Å². The van der Waals surface area contributed by atoms with Gasteiger partial charge in [-0.2, -0.15) is 0 Å². The van der Waals surface area contributed by atoms with Crippen molar-refractivity contribution in [2.45, 2.75) is 19.9 Å². The first kappa shape index (κ1) is 13.1. The molecule has 0 aliphatic heterocycles. The normalized spacial score (nSPS) is 10.1. The summed E-state index contributed by atoms with van der Waals surface area (Å²) < 4.78 is 4.55. The van der Waals surface area contributed by atoms with Gasteiger partial charge in [-0.1, -0.05) is 0 Å². The molecule has 0 fully saturated rings. The molecule has 0 aliphatic rings. The Morgan fingerprint density at radius 2 is 1.94 bits per heavy atom. The predicted octanol–water partition coefficient (Wildman–Crippen LogP) is 0.500. The second-order valence-electron chi connectivity index (χ2n) is 3.73. The number of hydrogen-bond donors (Lipinski definition) is 0. The minimum Gasteiger partial charge on any atom is -0.468 e. The highest BCUT2D eigenvalue weighted by atomic mass is 16.5. The molecule has 0 radical (unpaired) electrons. The molecular weight excluding hydrogens is 222 g/mol. The number of rotatable bonds is 4. The summed E-state index contributed by atoms with van der Waals surface area (Å²) in [6.45, 7) is 3.57. The number of esters is 1. The van der Waals surface area contributed by atoms with Crippen LogP contribution in [-0.4, -0.2) is 46.4 Å². The van der Waals surface area contributed by atoms with Crippen molar-refractivity contribution in [1.82, 2.24) is 14.9 Å². The Morgan fingerprint density at radius 3 is 2.41 bits per heavy atom. The molecule has 0 N–H and O–H groups in total. The smallest absolute Gasteiger partial charge is 0.325 e. The number of carbonyl (C=O) groups is 2. The number of aromatic nitrogens is 2. The van der Waals surface area contributed by atoms with E-state index in [0.717, 1.165) is 0 Å². The van der Waals surface area contributed by atoms with Gasteiger partial charge >= 0.3 is 5.97 Å². The van der Waals surface area contributed by atoms with Crippen LogP contribution in [0.5, 0.6) is 0 Å². The molecule has 17 heavy (non-hydrogen) atoms. The molecule has 0 aliphatic carbocycles. The molecule has 1 aromatic heterocycles. The Balaban J connectivity index is 2.85. The lowest BCUT2D eigenvalue weighted by atomic mass is 10.2. The van der Waals surface area contributed by atoms with Gasteiger partial charge in [0, 0.05) is 18.4 Å². The van der Waals surface area contributed by atoms with Crippen LogP contribution in [0.2, 0.25) is 0 Å². The van der Waals surface area contributed by atoms with Crippen LogP contribution in [0.3, 0.4) is 0 Å². The van der Waals surface area contributed by atoms with E-state index in [4.69, 9.17) is 0 Å². The number of ether oxygens (including phenoxy) is 1. The van der Waals surface area contributed by atoms with Crippen molar-refractivity contribution >= 4 is 11.9 Å². The largest absolute Gasteiger partial charge is 0.468 e. The van der Waals surface area contributed by atoms with E-state index in [1.165, 1.54) is 30.7 Å². The van der Waals surface area contributed by atoms with Crippen molar-refractivity contribution in [3.8, 4) is 0 Å². The lowest BCUT2D eigenvalue weighted by Gasteiger charge is -2.25. The van der Waals surface area contributed by atoms with Crippen LogP contribution in [0.1, 0.15) is 24.2 Å². The third-order valence-corrected chi connectivity index (χ3v) is 2.22. The van der Waals surface area contributed by atoms with Gasteiger partial charge < -0.3 is 9.64 Å². The molecule has 1 aromatic rings. The summed E-state index contributed by atoms with van der Waals surface area (Å²) in [5.41, 5.74) is 0.352. The number of hydrogen-bond acceptors (Lipinski definition) is 5. The molecule has 0 atom stereocenters. The quantitative estimate of drug-likeness (QED) is 0.713. The Bertz CT molecular complexity index is 392. The van der Waals surface area contributed by atoms with Crippen molar-refractivity contribution in [3.05, 3.63) is 24.3 Å². The fourth-order valence-electron chi connectivity index (χ4n) is 1.27. The van der Waals surface area contributed by atoms with E-state index in [2.05, 4.69) is 14.7 Å². The molecule has 0 spiro atoms. The number of methoxy groups -OCH3 is 1. The van der Waals surface area contributed by atoms with Gasteiger partial charge in [-0.3, -0.25) is 9.59 Å². The summed E-state index contributed by atoms with van der Waals surface area (Å²) in [5.74, 6) is -0.741. The van der Waals surface area contributed by atoms with Gasteiger partial charge in [-0.15, -0.1) is 0 Å². The molecule has 1 heterocycles. The van der Waals surface area contributed by atoms with E-state index in [1.54, 1.807) is 0 Å². The summed E-state index contributed by atoms with van der Waals surface area (Å²) in [7, 11) is 1.29. The molecule has 0 bridgehead atoms. The number of carbonyl (C=O) groups excluding carboxylic acids is 2. The van der Waals surface area contributed by atoms with Crippen LogP contribution in [0, 0.1) is 0 Å². The van der Waals surface area contributed by atoms with Gasteiger partial charge in [0.05, 0.1) is 12.7 Å². The molecule has 0 aromatic carbocycles. The highest BCUT2D eigenvalue weighted by Gasteiger charge is 2.22. The standard InChI is InChI=1S/C11H15N3O3/c1-8(2)14(6-10(15)17-3)11(16)9-4-12-7-13-5-9/h4-5,7-8H,6H2,1-3H3. The zero-order valence-electron chi connectivity index (χ0n) is 10.1. The zero-order valence-corrected chi connectivity index (χ0v) is 10.1. The van der Waals surface area contributed by atoms with Crippen molar-refractivity contribution in [1.29, 1.82) is 0 Å². The van der Waals surface area contributed by atoms with Gasteiger partial charge in [-0.05, 0) is 13.8 Å². The van der Waals surface area contributed by atoms with Gasteiger partial charge in [-0.25, -0.2) is 9.97 Å². The fourth-order valence-corrected chi connectivity index (χ4v) is 1.27. The summed E-state index contributed by atoms with van der Waals surface area (Å²) in [5, 5.41) is 0. The fraction of sp³-hybridized carbons (Fsp3) is 0.455. The lowest BCUT2D eigenvalue weighted by molar-refractivity contribution is -0.141. The molecular formula is C11H15N3O3. The van der Waals surface area contributed by atoms with Crippen LogP contribution >= 0.6 is 0 Å². The second-order valence-corrected chi connectivity index (χ2v) is 3.73. The maximum Gasteiger partial charge on any atom is 0.325 e. The first-order valence-corrected chi connectivity index (χ1v) is 5.19. The number of nitrogens with zero attached hydrogens (tertiary/aromatic N) is 3.